The van der Waals surface area contributed by atoms with Crippen LogP contribution in [-0.2, 0) is 13.1 Å². The van der Waals surface area contributed by atoms with Gasteiger partial charge in [-0.1, -0.05) is 42.5 Å². The number of likely N-dealkylation sites (tertiary alicyclic amines) is 1. The molecule has 1 aliphatic heterocycles. The van der Waals surface area contributed by atoms with E-state index in [-0.39, 0.29) is 6.03 Å². The molecule has 2 amide bonds. The second-order valence-corrected chi connectivity index (χ2v) is 7.79. The molecule has 1 aromatic heterocycles. The highest BCUT2D eigenvalue weighted by Gasteiger charge is 2.16. The summed E-state index contributed by atoms with van der Waals surface area (Å²) in [6, 6.07) is 8.19. The van der Waals surface area contributed by atoms with Crippen LogP contribution in [0.5, 0.6) is 5.06 Å². The smallest absolute Gasteiger partial charge is 0.321 e. The molecule has 1 saturated heterocycles. The summed E-state index contributed by atoms with van der Waals surface area (Å²) in [4.78, 5) is 18.5. The fraction of sp³-hybridized carbons (Fsp3) is 0.474. The Bertz CT molecular complexity index is 717. The second-order valence-electron chi connectivity index (χ2n) is 6.80. The summed E-state index contributed by atoms with van der Waals surface area (Å²) in [6.07, 6.45) is 4.22. The van der Waals surface area contributed by atoms with E-state index in [1.807, 2.05) is 0 Å². The van der Waals surface area contributed by atoms with E-state index < -0.39 is 0 Å². The first-order valence-corrected chi connectivity index (χ1v) is 9.79. The number of rotatable bonds is 6. The fourth-order valence-electron chi connectivity index (χ4n) is 3.19. The number of hydrogen-bond donors (Lipinski definition) is 2. The van der Waals surface area contributed by atoms with Crippen molar-refractivity contribution in [3.8, 4) is 5.06 Å². The van der Waals surface area contributed by atoms with Crippen molar-refractivity contribution in [2.45, 2.75) is 32.9 Å². The minimum atomic E-state index is -0.270. The molecule has 0 bridgehead atoms. The van der Waals surface area contributed by atoms with Gasteiger partial charge in [-0.3, -0.25) is 10.2 Å². The molecule has 1 aromatic carbocycles. The summed E-state index contributed by atoms with van der Waals surface area (Å²) in [7, 11) is 1.58. The Morgan fingerprint density at radius 2 is 2.12 bits per heavy atom. The largest absolute Gasteiger partial charge is 0.486 e. The highest BCUT2D eigenvalue weighted by Crippen LogP contribution is 2.24. The number of carbonyl (C=O) groups is 1. The van der Waals surface area contributed by atoms with Crippen molar-refractivity contribution in [1.29, 1.82) is 0 Å². The predicted molar refractivity (Wildman–Crippen MR) is 105 cm³/mol. The number of methoxy groups -OCH3 is 1. The van der Waals surface area contributed by atoms with Crippen LogP contribution in [0.25, 0.3) is 0 Å². The van der Waals surface area contributed by atoms with Crippen LogP contribution in [0, 0.1) is 5.92 Å². The zero-order valence-corrected chi connectivity index (χ0v) is 16.1. The van der Waals surface area contributed by atoms with Crippen LogP contribution >= 0.6 is 11.3 Å². The number of piperidine rings is 1. The van der Waals surface area contributed by atoms with Crippen LogP contribution in [0.2, 0.25) is 0 Å². The number of hydrogen-bond acceptors (Lipinski definition) is 5. The summed E-state index contributed by atoms with van der Waals surface area (Å²) >= 11 is 1.29. The standard InChI is InChI=1S/C19H26N4O2S/c1-14-4-3-9-23(12-14)13-16-7-5-15(6-8-16)10-20-18(24)22-19-21-11-17(25-2)26-19/h5-8,11,14H,3-4,9-10,12-13H2,1-2H3,(H2,20,21,22,24)/t14-/m1/s1. The van der Waals surface area contributed by atoms with Crippen molar-refractivity contribution in [3.05, 3.63) is 41.6 Å². The molecular formula is C19H26N4O2S. The number of urea groups is 1. The van der Waals surface area contributed by atoms with Crippen molar-refractivity contribution in [2.24, 2.45) is 5.92 Å². The van der Waals surface area contributed by atoms with Gasteiger partial charge in [-0.05, 0) is 36.4 Å². The molecule has 140 valence electrons. The molecule has 0 radical (unpaired) electrons. The zero-order valence-electron chi connectivity index (χ0n) is 15.3. The van der Waals surface area contributed by atoms with E-state index in [1.54, 1.807) is 13.3 Å². The first-order valence-electron chi connectivity index (χ1n) is 8.97. The summed E-state index contributed by atoms with van der Waals surface area (Å²) in [5.74, 6) is 0.795. The molecule has 2 N–H and O–H groups in total. The van der Waals surface area contributed by atoms with Crippen LogP contribution in [-0.4, -0.2) is 36.1 Å². The Morgan fingerprint density at radius 3 is 2.81 bits per heavy atom. The zero-order chi connectivity index (χ0) is 18.4. The Labute approximate surface area is 158 Å². The van der Waals surface area contributed by atoms with E-state index in [0.29, 0.717) is 16.7 Å². The lowest BCUT2D eigenvalue weighted by molar-refractivity contribution is 0.176. The number of ether oxygens (including phenoxy) is 1. The van der Waals surface area contributed by atoms with Crippen molar-refractivity contribution in [1.82, 2.24) is 15.2 Å². The van der Waals surface area contributed by atoms with Crippen molar-refractivity contribution in [3.63, 3.8) is 0 Å². The molecule has 0 unspecified atom stereocenters. The first kappa shape index (κ1) is 18.7. The van der Waals surface area contributed by atoms with Gasteiger partial charge in [-0.25, -0.2) is 9.78 Å². The maximum absolute atomic E-state index is 11.9. The van der Waals surface area contributed by atoms with Crippen molar-refractivity contribution in [2.75, 3.05) is 25.5 Å². The van der Waals surface area contributed by atoms with Crippen molar-refractivity contribution < 1.29 is 9.53 Å². The van der Waals surface area contributed by atoms with Gasteiger partial charge in [-0.2, -0.15) is 0 Å². The third-order valence-corrected chi connectivity index (χ3v) is 5.40. The normalized spacial score (nSPS) is 17.7. The number of anilines is 1. The Balaban J connectivity index is 1.44. The van der Waals surface area contributed by atoms with Gasteiger partial charge in [-0.15, -0.1) is 0 Å². The molecule has 0 spiro atoms. The van der Waals surface area contributed by atoms with E-state index in [1.165, 1.54) is 42.8 Å². The van der Waals surface area contributed by atoms with Gasteiger partial charge in [0.05, 0.1) is 13.3 Å². The van der Waals surface area contributed by atoms with E-state index >= 15 is 0 Å². The highest BCUT2D eigenvalue weighted by atomic mass is 32.1. The first-order chi connectivity index (χ1) is 12.6. The lowest BCUT2D eigenvalue weighted by atomic mass is 9.99. The topological polar surface area (TPSA) is 66.5 Å². The summed E-state index contributed by atoms with van der Waals surface area (Å²) in [6.45, 7) is 6.19. The number of thiazole rings is 1. The minimum absolute atomic E-state index is 0.270. The third-order valence-electron chi connectivity index (χ3n) is 4.53. The van der Waals surface area contributed by atoms with E-state index in [2.05, 4.69) is 51.7 Å². The maximum atomic E-state index is 11.9. The third kappa shape index (κ3) is 5.44. The quantitative estimate of drug-likeness (QED) is 0.809. The molecule has 0 saturated carbocycles. The Hall–Kier alpha value is -2.12. The van der Waals surface area contributed by atoms with Gasteiger partial charge < -0.3 is 10.1 Å². The molecule has 0 aliphatic carbocycles. The van der Waals surface area contributed by atoms with E-state index in [0.717, 1.165) is 18.0 Å². The average Bonchev–Trinajstić information content (AvgIpc) is 3.09. The number of nitrogens with zero attached hydrogens (tertiary/aromatic N) is 2. The fourth-order valence-corrected chi connectivity index (χ4v) is 3.81. The van der Waals surface area contributed by atoms with Crippen LogP contribution in [0.4, 0.5) is 9.93 Å². The molecular weight excluding hydrogens is 348 g/mol. The SMILES string of the molecule is COc1cnc(NC(=O)NCc2ccc(CN3CCC[C@@H](C)C3)cc2)s1. The van der Waals surface area contributed by atoms with Crippen LogP contribution in [0.1, 0.15) is 30.9 Å². The van der Waals surface area contributed by atoms with Gasteiger partial charge in [0.1, 0.15) is 0 Å². The number of benzene rings is 1. The van der Waals surface area contributed by atoms with E-state index in [4.69, 9.17) is 4.74 Å². The molecule has 2 heterocycles. The molecule has 6 nitrogen and oxygen atoms in total. The lowest BCUT2D eigenvalue weighted by Gasteiger charge is -2.30. The van der Waals surface area contributed by atoms with Crippen molar-refractivity contribution >= 4 is 22.5 Å². The maximum Gasteiger partial charge on any atom is 0.321 e. The average molecular weight is 375 g/mol. The van der Waals surface area contributed by atoms with Crippen LogP contribution in [0.3, 0.4) is 0 Å². The Morgan fingerprint density at radius 1 is 1.35 bits per heavy atom. The second kappa shape index (κ2) is 9.00. The summed E-state index contributed by atoms with van der Waals surface area (Å²) in [5, 5.41) is 6.74. The molecule has 1 atom stereocenters. The number of nitrogens with one attached hydrogen (secondary N) is 2. The van der Waals surface area contributed by atoms with Crippen LogP contribution < -0.4 is 15.4 Å². The van der Waals surface area contributed by atoms with Gasteiger partial charge in [0.25, 0.3) is 0 Å². The van der Waals surface area contributed by atoms with Gasteiger partial charge >= 0.3 is 6.03 Å². The molecule has 7 heteroatoms. The van der Waals surface area contributed by atoms with E-state index in [9.17, 15) is 4.79 Å². The summed E-state index contributed by atoms with van der Waals surface area (Å²) < 4.78 is 5.06. The molecule has 3 rings (SSSR count). The monoisotopic (exact) mass is 374 g/mol. The molecule has 2 aromatic rings. The molecule has 26 heavy (non-hydrogen) atoms. The number of carbonyl (C=O) groups excluding carboxylic acids is 1. The number of aromatic nitrogens is 1. The predicted octanol–water partition coefficient (Wildman–Crippen LogP) is 3.71. The molecule has 1 fully saturated rings. The Kier molecular flexibility index (Phi) is 6.46. The van der Waals surface area contributed by atoms with Gasteiger partial charge in [0, 0.05) is 19.6 Å². The number of amides is 2. The van der Waals surface area contributed by atoms with Crippen LogP contribution in [0.15, 0.2) is 30.5 Å². The lowest BCUT2D eigenvalue weighted by Crippen LogP contribution is -2.33. The molecule has 1 aliphatic rings. The summed E-state index contributed by atoms with van der Waals surface area (Å²) in [5.41, 5.74) is 2.40. The minimum Gasteiger partial charge on any atom is -0.486 e. The van der Waals surface area contributed by atoms with Gasteiger partial charge in [0.2, 0.25) is 0 Å². The highest BCUT2D eigenvalue weighted by molar-refractivity contribution is 7.17. The van der Waals surface area contributed by atoms with Gasteiger partial charge in [0.15, 0.2) is 10.2 Å².